The second-order valence-corrected chi connectivity index (χ2v) is 5.07. The Labute approximate surface area is 106 Å². The van der Waals surface area contributed by atoms with Gasteiger partial charge in [-0.1, -0.05) is 36.7 Å². The lowest BCUT2D eigenvalue weighted by molar-refractivity contribution is -0.135. The molecule has 0 heterocycles. The molecule has 0 radical (unpaired) electrons. The quantitative estimate of drug-likeness (QED) is 0.752. The number of halogens is 1. The van der Waals surface area contributed by atoms with Gasteiger partial charge in [-0.15, -0.1) is 0 Å². The number of alkyl halides is 1. The van der Waals surface area contributed by atoms with E-state index < -0.39 is 0 Å². The van der Waals surface area contributed by atoms with Crippen LogP contribution >= 0.6 is 15.9 Å². The number of nitrogens with one attached hydrogen (secondary N) is 1. The molecule has 0 spiro atoms. The Morgan fingerprint density at radius 3 is 2.31 bits per heavy atom. The molecule has 0 saturated carbocycles. The van der Waals surface area contributed by atoms with E-state index in [4.69, 9.17) is 0 Å². The summed E-state index contributed by atoms with van der Waals surface area (Å²) in [5.74, 6) is 0.0715. The summed E-state index contributed by atoms with van der Waals surface area (Å²) in [5, 5.41) is 2.53. The van der Waals surface area contributed by atoms with Crippen molar-refractivity contribution >= 4 is 27.7 Å². The number of carbonyl (C=O) groups excluding carboxylic acids is 2. The van der Waals surface area contributed by atoms with Gasteiger partial charge in [-0.2, -0.15) is 0 Å². The van der Waals surface area contributed by atoms with E-state index in [-0.39, 0.29) is 29.1 Å². The highest BCUT2D eigenvalue weighted by Crippen LogP contribution is 2.15. The second-order valence-electron chi connectivity index (χ2n) is 4.08. The maximum Gasteiger partial charge on any atom is 0.239 e. The number of hydrogen-bond acceptors (Lipinski definition) is 2. The molecule has 0 aromatic heterocycles. The number of hydrogen-bond donors (Lipinski definition) is 1. The molecule has 5 heteroatoms. The van der Waals surface area contributed by atoms with Crippen molar-refractivity contribution in [3.05, 3.63) is 0 Å². The van der Waals surface area contributed by atoms with Gasteiger partial charge in [0.1, 0.15) is 0 Å². The fourth-order valence-electron chi connectivity index (χ4n) is 1.25. The Morgan fingerprint density at radius 1 is 1.38 bits per heavy atom. The van der Waals surface area contributed by atoms with E-state index in [2.05, 4.69) is 21.2 Å². The van der Waals surface area contributed by atoms with Gasteiger partial charge in [0, 0.05) is 13.6 Å². The summed E-state index contributed by atoms with van der Waals surface area (Å²) in [6.45, 7) is 6.68. The van der Waals surface area contributed by atoms with Crippen LogP contribution in [-0.4, -0.2) is 41.7 Å². The summed E-state index contributed by atoms with van der Waals surface area (Å²) in [6, 6.07) is 0. The van der Waals surface area contributed by atoms with E-state index in [0.29, 0.717) is 6.54 Å². The summed E-state index contributed by atoms with van der Waals surface area (Å²) in [6.07, 6.45) is 0.848. The Morgan fingerprint density at radius 2 is 1.94 bits per heavy atom. The first-order valence-electron chi connectivity index (χ1n) is 5.57. The molecule has 0 aliphatic heterocycles. The van der Waals surface area contributed by atoms with Crippen molar-refractivity contribution in [2.45, 2.75) is 32.0 Å². The fourth-order valence-corrected chi connectivity index (χ4v) is 1.54. The fraction of sp³-hybridized carbons (Fsp3) is 0.818. The van der Waals surface area contributed by atoms with Crippen LogP contribution < -0.4 is 5.32 Å². The minimum Gasteiger partial charge on any atom is -0.358 e. The van der Waals surface area contributed by atoms with Crippen molar-refractivity contribution in [1.29, 1.82) is 0 Å². The largest absolute Gasteiger partial charge is 0.358 e. The zero-order valence-corrected chi connectivity index (χ0v) is 12.0. The highest BCUT2D eigenvalue weighted by molar-refractivity contribution is 9.10. The van der Waals surface area contributed by atoms with E-state index >= 15 is 0 Å². The summed E-state index contributed by atoms with van der Waals surface area (Å²) < 4.78 is 0. The zero-order valence-electron chi connectivity index (χ0n) is 10.4. The molecular formula is C11H21BrN2O2. The van der Waals surface area contributed by atoms with Crippen molar-refractivity contribution in [2.24, 2.45) is 5.92 Å². The van der Waals surface area contributed by atoms with Crippen molar-refractivity contribution in [3.8, 4) is 0 Å². The molecule has 0 aliphatic rings. The Kier molecular flexibility index (Phi) is 7.38. The standard InChI is InChI=1S/C11H21BrN2O2/c1-5-6-14(7-9(15)13-4)11(16)10(12)8(2)3/h8,10H,5-7H2,1-4H3,(H,13,15). The average molecular weight is 293 g/mol. The van der Waals surface area contributed by atoms with Gasteiger partial charge in [-0.3, -0.25) is 9.59 Å². The lowest BCUT2D eigenvalue weighted by Crippen LogP contribution is -2.44. The number of nitrogens with zero attached hydrogens (tertiary/aromatic N) is 1. The Bertz CT molecular complexity index is 244. The zero-order chi connectivity index (χ0) is 12.7. The molecule has 4 nitrogen and oxygen atoms in total. The minimum atomic E-state index is -0.219. The number of likely N-dealkylation sites (N-methyl/N-ethyl adjacent to an activating group) is 1. The molecule has 94 valence electrons. The maximum absolute atomic E-state index is 12.0. The molecule has 1 unspecified atom stereocenters. The Balaban J connectivity index is 4.51. The average Bonchev–Trinajstić information content (AvgIpc) is 2.26. The molecule has 0 aromatic carbocycles. The topological polar surface area (TPSA) is 49.4 Å². The molecule has 0 aromatic rings. The summed E-state index contributed by atoms with van der Waals surface area (Å²) in [5.41, 5.74) is 0. The van der Waals surface area contributed by atoms with Gasteiger partial charge in [0.05, 0.1) is 11.4 Å². The van der Waals surface area contributed by atoms with E-state index in [9.17, 15) is 9.59 Å². The molecule has 0 bridgehead atoms. The normalized spacial score (nSPS) is 12.4. The molecule has 2 amide bonds. The molecule has 0 rings (SSSR count). The first kappa shape index (κ1) is 15.4. The van der Waals surface area contributed by atoms with Crippen LogP contribution in [0.2, 0.25) is 0 Å². The van der Waals surface area contributed by atoms with Gasteiger partial charge in [0.2, 0.25) is 11.8 Å². The second kappa shape index (κ2) is 7.65. The van der Waals surface area contributed by atoms with Crippen LogP contribution in [0.15, 0.2) is 0 Å². The highest BCUT2D eigenvalue weighted by atomic mass is 79.9. The molecule has 0 fully saturated rings. The van der Waals surface area contributed by atoms with Gasteiger partial charge < -0.3 is 10.2 Å². The predicted molar refractivity (Wildman–Crippen MR) is 68.5 cm³/mol. The smallest absolute Gasteiger partial charge is 0.239 e. The summed E-state index contributed by atoms with van der Waals surface area (Å²) in [4.78, 5) is 24.7. The number of rotatable bonds is 6. The van der Waals surface area contributed by atoms with Gasteiger partial charge in [0.15, 0.2) is 0 Å². The van der Waals surface area contributed by atoms with Crippen LogP contribution in [0.25, 0.3) is 0 Å². The van der Waals surface area contributed by atoms with Crippen molar-refractivity contribution in [2.75, 3.05) is 20.1 Å². The van der Waals surface area contributed by atoms with Crippen LogP contribution in [0.5, 0.6) is 0 Å². The molecular weight excluding hydrogens is 272 g/mol. The van der Waals surface area contributed by atoms with Gasteiger partial charge in [0.25, 0.3) is 0 Å². The first-order valence-corrected chi connectivity index (χ1v) is 6.49. The monoisotopic (exact) mass is 292 g/mol. The number of carbonyl (C=O) groups is 2. The van der Waals surface area contributed by atoms with Gasteiger partial charge in [-0.05, 0) is 12.3 Å². The summed E-state index contributed by atoms with van der Waals surface area (Å²) in [7, 11) is 1.57. The highest BCUT2D eigenvalue weighted by Gasteiger charge is 2.25. The third kappa shape index (κ3) is 4.96. The summed E-state index contributed by atoms with van der Waals surface area (Å²) >= 11 is 3.37. The third-order valence-electron chi connectivity index (χ3n) is 2.24. The first-order chi connectivity index (χ1) is 7.43. The minimum absolute atomic E-state index is 0.0135. The molecule has 1 atom stereocenters. The van der Waals surface area contributed by atoms with Crippen LogP contribution in [0.3, 0.4) is 0 Å². The van der Waals surface area contributed by atoms with Crippen molar-refractivity contribution in [3.63, 3.8) is 0 Å². The third-order valence-corrected chi connectivity index (χ3v) is 3.69. The molecule has 0 aliphatic carbocycles. The molecule has 0 saturated heterocycles. The van der Waals surface area contributed by atoms with Crippen LogP contribution in [0.1, 0.15) is 27.2 Å². The molecule has 16 heavy (non-hydrogen) atoms. The van der Waals surface area contributed by atoms with Crippen LogP contribution in [-0.2, 0) is 9.59 Å². The van der Waals surface area contributed by atoms with Crippen LogP contribution in [0, 0.1) is 5.92 Å². The van der Waals surface area contributed by atoms with Crippen LogP contribution in [0.4, 0.5) is 0 Å². The van der Waals surface area contributed by atoms with Crippen molar-refractivity contribution < 1.29 is 9.59 Å². The van der Waals surface area contributed by atoms with E-state index in [0.717, 1.165) is 6.42 Å². The van der Waals surface area contributed by atoms with Gasteiger partial charge >= 0.3 is 0 Å². The lowest BCUT2D eigenvalue weighted by atomic mass is 10.1. The van der Waals surface area contributed by atoms with Crippen molar-refractivity contribution in [1.82, 2.24) is 10.2 Å². The maximum atomic E-state index is 12.0. The SMILES string of the molecule is CCCN(CC(=O)NC)C(=O)C(Br)C(C)C. The van der Waals surface area contributed by atoms with E-state index in [1.165, 1.54) is 0 Å². The predicted octanol–water partition coefficient (Wildman–Crippen LogP) is 1.39. The molecule has 1 N–H and O–H groups in total. The van der Waals surface area contributed by atoms with E-state index in [1.54, 1.807) is 11.9 Å². The lowest BCUT2D eigenvalue weighted by Gasteiger charge is -2.25. The Hall–Kier alpha value is -0.580. The number of amides is 2. The van der Waals surface area contributed by atoms with Gasteiger partial charge in [-0.25, -0.2) is 0 Å². The van der Waals surface area contributed by atoms with E-state index in [1.807, 2.05) is 20.8 Å².